The largest absolute Gasteiger partial charge is 0.379 e. The van der Waals surface area contributed by atoms with E-state index in [-0.39, 0.29) is 6.54 Å². The predicted molar refractivity (Wildman–Crippen MR) is 105 cm³/mol. The third-order valence-electron chi connectivity index (χ3n) is 4.46. The van der Waals surface area contributed by atoms with Crippen LogP contribution in [0.25, 0.3) is 0 Å². The van der Waals surface area contributed by atoms with E-state index < -0.39 is 17.4 Å². The molecule has 2 aromatic heterocycles. The number of rotatable bonds is 7. The molecule has 27 heavy (non-hydrogen) atoms. The molecule has 1 unspecified atom stereocenters. The van der Waals surface area contributed by atoms with Gasteiger partial charge in [0.1, 0.15) is 5.60 Å². The van der Waals surface area contributed by atoms with Crippen LogP contribution in [-0.2, 0) is 19.9 Å². The van der Waals surface area contributed by atoms with E-state index in [2.05, 4.69) is 15.5 Å². The van der Waals surface area contributed by atoms with Crippen molar-refractivity contribution in [1.82, 2.24) is 15.5 Å². The number of amides is 2. The van der Waals surface area contributed by atoms with E-state index in [1.807, 2.05) is 34.3 Å². The van der Waals surface area contributed by atoms with Crippen LogP contribution in [0.2, 0.25) is 0 Å². The lowest BCUT2D eigenvalue weighted by atomic mass is 9.94. The Bertz CT molecular complexity index is 694. The van der Waals surface area contributed by atoms with Crippen molar-refractivity contribution in [2.75, 3.05) is 45.9 Å². The van der Waals surface area contributed by atoms with Gasteiger partial charge in [-0.05, 0) is 28.3 Å². The first kappa shape index (κ1) is 20.0. The minimum absolute atomic E-state index is 0.0695. The van der Waals surface area contributed by atoms with Crippen LogP contribution >= 0.6 is 22.7 Å². The number of ether oxygens (including phenoxy) is 1. The Kier molecular flexibility index (Phi) is 6.97. The summed E-state index contributed by atoms with van der Waals surface area (Å²) in [5, 5.41) is 21.9. The molecule has 1 aliphatic rings. The zero-order valence-electron chi connectivity index (χ0n) is 14.8. The molecule has 0 aromatic carbocycles. The van der Waals surface area contributed by atoms with Crippen LogP contribution in [0.1, 0.15) is 10.4 Å². The summed E-state index contributed by atoms with van der Waals surface area (Å²) in [7, 11) is 0. The van der Waals surface area contributed by atoms with Crippen LogP contribution < -0.4 is 10.6 Å². The molecule has 0 spiro atoms. The highest BCUT2D eigenvalue weighted by molar-refractivity contribution is 7.10. The number of carbonyl (C=O) groups is 2. The Morgan fingerprint density at radius 3 is 2.63 bits per heavy atom. The Morgan fingerprint density at radius 2 is 1.96 bits per heavy atom. The van der Waals surface area contributed by atoms with Gasteiger partial charge in [0.15, 0.2) is 0 Å². The highest BCUT2D eigenvalue weighted by atomic mass is 32.1. The zero-order valence-corrected chi connectivity index (χ0v) is 16.5. The summed E-state index contributed by atoms with van der Waals surface area (Å²) in [4.78, 5) is 27.1. The number of nitrogens with zero attached hydrogens (tertiary/aromatic N) is 1. The summed E-state index contributed by atoms with van der Waals surface area (Å²) < 4.78 is 5.28. The summed E-state index contributed by atoms with van der Waals surface area (Å²) in [6.45, 7) is 4.05. The first-order valence-corrected chi connectivity index (χ1v) is 10.6. The molecule has 146 valence electrons. The van der Waals surface area contributed by atoms with Crippen LogP contribution in [0.3, 0.4) is 0 Å². The van der Waals surface area contributed by atoms with Crippen molar-refractivity contribution in [2.24, 2.45) is 0 Å². The van der Waals surface area contributed by atoms with Crippen molar-refractivity contribution in [1.29, 1.82) is 0 Å². The number of hydrogen-bond donors (Lipinski definition) is 3. The van der Waals surface area contributed by atoms with E-state index in [4.69, 9.17) is 4.74 Å². The van der Waals surface area contributed by atoms with E-state index in [1.165, 1.54) is 22.7 Å². The van der Waals surface area contributed by atoms with Crippen molar-refractivity contribution in [2.45, 2.75) is 5.60 Å². The maximum Gasteiger partial charge on any atom is 0.309 e. The first-order chi connectivity index (χ1) is 13.1. The number of morpholine rings is 1. The molecule has 7 nitrogen and oxygen atoms in total. The van der Waals surface area contributed by atoms with Crippen molar-refractivity contribution < 1.29 is 19.4 Å². The second-order valence-corrected chi connectivity index (χ2v) is 7.97. The Labute approximate surface area is 166 Å². The Hall–Kier alpha value is -1.78. The van der Waals surface area contributed by atoms with Gasteiger partial charge < -0.3 is 20.5 Å². The van der Waals surface area contributed by atoms with Gasteiger partial charge in [0, 0.05) is 36.6 Å². The average Bonchev–Trinajstić information content (AvgIpc) is 3.41. The molecule has 2 amide bonds. The van der Waals surface area contributed by atoms with Gasteiger partial charge in [-0.15, -0.1) is 11.3 Å². The monoisotopic (exact) mass is 409 g/mol. The van der Waals surface area contributed by atoms with E-state index in [0.717, 1.165) is 13.1 Å². The van der Waals surface area contributed by atoms with Gasteiger partial charge in [-0.1, -0.05) is 6.07 Å². The quantitative estimate of drug-likeness (QED) is 0.583. The van der Waals surface area contributed by atoms with E-state index in [9.17, 15) is 14.7 Å². The number of hydrogen-bond acceptors (Lipinski definition) is 7. The fraction of sp³-hybridized carbons (Fsp3) is 0.444. The molecule has 3 heterocycles. The minimum Gasteiger partial charge on any atom is -0.379 e. The van der Waals surface area contributed by atoms with Gasteiger partial charge in [-0.3, -0.25) is 14.5 Å². The van der Waals surface area contributed by atoms with Crippen molar-refractivity contribution in [3.05, 3.63) is 44.8 Å². The van der Waals surface area contributed by atoms with Crippen LogP contribution in [0.4, 0.5) is 0 Å². The van der Waals surface area contributed by atoms with Gasteiger partial charge in [0.25, 0.3) is 0 Å². The second kappa shape index (κ2) is 9.43. The fourth-order valence-electron chi connectivity index (χ4n) is 2.87. The summed E-state index contributed by atoms with van der Waals surface area (Å²) in [5.74, 6) is -1.44. The number of thiophene rings is 2. The molecule has 0 saturated carbocycles. The topological polar surface area (TPSA) is 90.9 Å². The maximum absolute atomic E-state index is 12.1. The van der Waals surface area contributed by atoms with Crippen LogP contribution in [0, 0.1) is 0 Å². The lowest BCUT2D eigenvalue weighted by Gasteiger charge is -2.27. The molecule has 9 heteroatoms. The third-order valence-corrected chi connectivity index (χ3v) is 6.16. The van der Waals surface area contributed by atoms with Gasteiger partial charge in [-0.25, -0.2) is 0 Å². The molecule has 1 saturated heterocycles. The first-order valence-electron chi connectivity index (χ1n) is 8.75. The van der Waals surface area contributed by atoms with E-state index in [1.54, 1.807) is 0 Å². The normalized spacial score (nSPS) is 17.2. The van der Waals surface area contributed by atoms with Gasteiger partial charge in [-0.2, -0.15) is 11.3 Å². The standard InChI is InChI=1S/C18H23N3O4S2/c22-16(19-4-5-21-6-8-25-9-7-21)17(23)20-13-18(24,14-3-11-26-12-14)15-2-1-10-27-15/h1-3,10-12,24H,4-9,13H2,(H,19,22)(H,20,23). The Morgan fingerprint density at radius 1 is 1.19 bits per heavy atom. The molecule has 0 bridgehead atoms. The molecule has 3 rings (SSSR count). The van der Waals surface area contributed by atoms with Crippen molar-refractivity contribution >= 4 is 34.5 Å². The highest BCUT2D eigenvalue weighted by Gasteiger charge is 2.34. The SMILES string of the molecule is O=C(NCCN1CCOCC1)C(=O)NCC(O)(c1ccsc1)c1cccs1. The lowest BCUT2D eigenvalue weighted by Crippen LogP contribution is -2.48. The predicted octanol–water partition coefficient (Wildman–Crippen LogP) is 0.610. The summed E-state index contributed by atoms with van der Waals surface area (Å²) >= 11 is 2.87. The summed E-state index contributed by atoms with van der Waals surface area (Å²) in [6.07, 6.45) is 0. The van der Waals surface area contributed by atoms with Crippen molar-refractivity contribution in [3.8, 4) is 0 Å². The smallest absolute Gasteiger partial charge is 0.309 e. The maximum atomic E-state index is 12.1. The van der Waals surface area contributed by atoms with E-state index >= 15 is 0 Å². The fourth-order valence-corrected chi connectivity index (χ4v) is 4.44. The number of nitrogens with one attached hydrogen (secondary N) is 2. The van der Waals surface area contributed by atoms with Gasteiger partial charge >= 0.3 is 11.8 Å². The molecule has 2 aromatic rings. The minimum atomic E-state index is -1.35. The molecule has 1 atom stereocenters. The van der Waals surface area contributed by atoms with Crippen LogP contribution in [0.15, 0.2) is 34.3 Å². The highest BCUT2D eigenvalue weighted by Crippen LogP contribution is 2.33. The van der Waals surface area contributed by atoms with Crippen LogP contribution in [-0.4, -0.2) is 67.8 Å². The zero-order chi connectivity index (χ0) is 19.1. The summed E-state index contributed by atoms with van der Waals surface area (Å²) in [5.41, 5.74) is -0.652. The molecular formula is C18H23N3O4S2. The molecule has 3 N–H and O–H groups in total. The van der Waals surface area contributed by atoms with Gasteiger partial charge in [0.05, 0.1) is 19.8 Å². The second-order valence-electron chi connectivity index (χ2n) is 6.24. The molecule has 1 fully saturated rings. The summed E-state index contributed by atoms with van der Waals surface area (Å²) in [6, 6.07) is 5.48. The molecule has 0 aliphatic carbocycles. The third kappa shape index (κ3) is 5.14. The van der Waals surface area contributed by atoms with E-state index in [0.29, 0.717) is 36.7 Å². The average molecular weight is 410 g/mol. The van der Waals surface area contributed by atoms with Gasteiger partial charge in [0.2, 0.25) is 0 Å². The molecule has 0 radical (unpaired) electrons. The lowest BCUT2D eigenvalue weighted by molar-refractivity contribution is -0.139. The number of carbonyl (C=O) groups excluding carboxylic acids is 2. The number of aliphatic hydroxyl groups is 1. The van der Waals surface area contributed by atoms with Crippen LogP contribution in [0.5, 0.6) is 0 Å². The molecule has 1 aliphatic heterocycles. The molecular weight excluding hydrogens is 386 g/mol. The Balaban J connectivity index is 1.51. The van der Waals surface area contributed by atoms with Crippen molar-refractivity contribution in [3.63, 3.8) is 0 Å².